The van der Waals surface area contributed by atoms with Crippen LogP contribution in [0.4, 0.5) is 0 Å². The maximum atomic E-state index is 10.4. The van der Waals surface area contributed by atoms with Gasteiger partial charge in [-0.25, -0.2) is 4.98 Å². The van der Waals surface area contributed by atoms with Gasteiger partial charge in [0.15, 0.2) is 0 Å². The van der Waals surface area contributed by atoms with Gasteiger partial charge in [-0.15, -0.1) is 11.3 Å². The minimum Gasteiger partial charge on any atom is -0.508 e. The Morgan fingerprint density at radius 2 is 1.96 bits per heavy atom. The lowest BCUT2D eigenvalue weighted by molar-refractivity contribution is 0.249. The van der Waals surface area contributed by atoms with Crippen molar-refractivity contribution >= 4 is 11.3 Å². The molecule has 0 radical (unpaired) electrons. The summed E-state index contributed by atoms with van der Waals surface area (Å²) in [5.74, 6) is 1.80. The molecule has 0 saturated heterocycles. The van der Waals surface area contributed by atoms with Crippen molar-refractivity contribution in [3.05, 3.63) is 58.5 Å². The lowest BCUT2D eigenvalue weighted by Crippen LogP contribution is -2.21. The molecule has 0 aliphatic carbocycles. The number of aromatic hydroxyl groups is 1. The fraction of sp³-hybridized carbons (Fsp3) is 0.286. The van der Waals surface area contributed by atoms with E-state index in [2.05, 4.69) is 16.8 Å². The lowest BCUT2D eigenvalue weighted by Gasteiger charge is -2.23. The molecule has 0 spiro atoms. The molecule has 27 heavy (non-hydrogen) atoms. The summed E-state index contributed by atoms with van der Waals surface area (Å²) in [6.07, 6.45) is 1.82. The van der Waals surface area contributed by atoms with Crippen molar-refractivity contribution in [3.8, 4) is 28.4 Å². The summed E-state index contributed by atoms with van der Waals surface area (Å²) in [5, 5.41) is 13.4. The largest absolute Gasteiger partial charge is 0.508 e. The van der Waals surface area contributed by atoms with Gasteiger partial charge in [-0.2, -0.15) is 0 Å². The molecule has 0 fully saturated rings. The first-order chi connectivity index (χ1) is 13.0. The number of thiazole rings is 1. The fourth-order valence-corrected chi connectivity index (χ4v) is 3.71. The van der Waals surface area contributed by atoms with Crippen molar-refractivity contribution in [1.29, 1.82) is 0 Å². The number of phenolic OH excluding ortho intramolecular Hbond substituents is 1. The van der Waals surface area contributed by atoms with Gasteiger partial charge in [0.2, 0.25) is 0 Å². The number of aromatic nitrogens is 1. The van der Waals surface area contributed by atoms with Crippen LogP contribution in [0.2, 0.25) is 0 Å². The summed E-state index contributed by atoms with van der Waals surface area (Å²) < 4.78 is 10.9. The SMILES string of the molecule is COc1ccc(OC)c(-c2ccc(O)c(CN(C)[C@H](C)c3nccs3)c2)c1. The molecule has 1 N–H and O–H groups in total. The van der Waals surface area contributed by atoms with Crippen LogP contribution in [0.3, 0.4) is 0 Å². The highest BCUT2D eigenvalue weighted by Gasteiger charge is 2.17. The summed E-state index contributed by atoms with van der Waals surface area (Å²) in [4.78, 5) is 6.56. The Bertz CT molecular complexity index is 896. The van der Waals surface area contributed by atoms with Crippen LogP contribution in [0.15, 0.2) is 48.0 Å². The predicted molar refractivity (Wildman–Crippen MR) is 109 cm³/mol. The van der Waals surface area contributed by atoms with Crippen LogP contribution < -0.4 is 9.47 Å². The maximum Gasteiger partial charge on any atom is 0.126 e. The fourth-order valence-electron chi connectivity index (χ4n) is 2.95. The van der Waals surface area contributed by atoms with Gasteiger partial charge in [0.05, 0.1) is 20.3 Å². The summed E-state index contributed by atoms with van der Waals surface area (Å²) in [5.41, 5.74) is 2.74. The third-order valence-electron chi connectivity index (χ3n) is 4.69. The summed E-state index contributed by atoms with van der Waals surface area (Å²) in [7, 11) is 5.32. The molecule has 5 nitrogen and oxygen atoms in total. The average Bonchev–Trinajstić information content (AvgIpc) is 3.23. The monoisotopic (exact) mass is 384 g/mol. The number of nitrogens with zero attached hydrogens (tertiary/aromatic N) is 2. The molecule has 3 aromatic rings. The van der Waals surface area contributed by atoms with Gasteiger partial charge in [0, 0.05) is 29.2 Å². The van der Waals surface area contributed by atoms with E-state index in [4.69, 9.17) is 9.47 Å². The van der Waals surface area contributed by atoms with Crippen molar-refractivity contribution in [2.45, 2.75) is 19.5 Å². The second kappa shape index (κ2) is 8.41. The molecule has 2 aromatic carbocycles. The van der Waals surface area contributed by atoms with Gasteiger partial charge in [0.25, 0.3) is 0 Å². The Morgan fingerprint density at radius 3 is 2.63 bits per heavy atom. The van der Waals surface area contributed by atoms with Crippen molar-refractivity contribution in [2.24, 2.45) is 0 Å². The first-order valence-electron chi connectivity index (χ1n) is 8.67. The zero-order valence-corrected chi connectivity index (χ0v) is 16.8. The summed E-state index contributed by atoms with van der Waals surface area (Å²) >= 11 is 1.64. The van der Waals surface area contributed by atoms with Crippen LogP contribution >= 0.6 is 11.3 Å². The Morgan fingerprint density at radius 1 is 1.15 bits per heavy atom. The second-order valence-electron chi connectivity index (χ2n) is 6.37. The van der Waals surface area contributed by atoms with Gasteiger partial charge in [-0.05, 0) is 49.9 Å². The van der Waals surface area contributed by atoms with Gasteiger partial charge in [-0.1, -0.05) is 6.07 Å². The molecular weight excluding hydrogens is 360 g/mol. The number of methoxy groups -OCH3 is 2. The molecule has 1 atom stereocenters. The summed E-state index contributed by atoms with van der Waals surface area (Å²) in [6.45, 7) is 2.72. The highest BCUT2D eigenvalue weighted by atomic mass is 32.1. The van der Waals surface area contributed by atoms with E-state index >= 15 is 0 Å². The van der Waals surface area contributed by atoms with E-state index in [1.165, 1.54) is 0 Å². The van der Waals surface area contributed by atoms with Crippen LogP contribution in [0.1, 0.15) is 23.5 Å². The molecule has 0 bridgehead atoms. The maximum absolute atomic E-state index is 10.4. The van der Waals surface area contributed by atoms with E-state index in [9.17, 15) is 5.11 Å². The molecule has 142 valence electrons. The second-order valence-corrected chi connectivity index (χ2v) is 7.30. The zero-order valence-electron chi connectivity index (χ0n) is 16.0. The molecule has 0 saturated carbocycles. The molecule has 0 aliphatic heterocycles. The van der Waals surface area contributed by atoms with E-state index in [-0.39, 0.29) is 11.8 Å². The number of phenols is 1. The molecular formula is C21H24N2O3S. The minimum atomic E-state index is 0.166. The molecule has 3 rings (SSSR count). The highest BCUT2D eigenvalue weighted by Crippen LogP contribution is 2.36. The zero-order chi connectivity index (χ0) is 19.4. The number of ether oxygens (including phenoxy) is 2. The van der Waals surface area contributed by atoms with Crippen LogP contribution in [0.5, 0.6) is 17.2 Å². The quantitative estimate of drug-likeness (QED) is 0.638. The van der Waals surface area contributed by atoms with Crippen LogP contribution in [0.25, 0.3) is 11.1 Å². The molecule has 0 amide bonds. The van der Waals surface area contributed by atoms with Gasteiger partial charge in [-0.3, -0.25) is 4.90 Å². The number of hydrogen-bond acceptors (Lipinski definition) is 6. The van der Waals surface area contributed by atoms with Gasteiger partial charge < -0.3 is 14.6 Å². The minimum absolute atomic E-state index is 0.166. The Labute approximate surface area is 163 Å². The molecule has 0 aliphatic rings. The topological polar surface area (TPSA) is 54.8 Å². The lowest BCUT2D eigenvalue weighted by atomic mass is 10.0. The molecule has 1 heterocycles. The smallest absolute Gasteiger partial charge is 0.126 e. The van der Waals surface area contributed by atoms with E-state index in [1.54, 1.807) is 31.6 Å². The highest BCUT2D eigenvalue weighted by molar-refractivity contribution is 7.09. The Kier molecular flexibility index (Phi) is 5.98. The van der Waals surface area contributed by atoms with Crippen molar-refractivity contribution in [2.75, 3.05) is 21.3 Å². The predicted octanol–water partition coefficient (Wildman–Crippen LogP) is 4.73. The average molecular weight is 385 g/mol. The van der Waals surface area contributed by atoms with Crippen molar-refractivity contribution < 1.29 is 14.6 Å². The standard InChI is InChI=1S/C21H24N2O3S/c1-14(21-22-9-10-27-21)23(2)13-16-11-15(5-7-19(16)24)18-12-17(25-3)6-8-20(18)26-4/h5-12,14,24H,13H2,1-4H3/t14-/m1/s1. The Balaban J connectivity index is 1.91. The van der Waals surface area contributed by atoms with Crippen LogP contribution in [-0.2, 0) is 6.54 Å². The van der Waals surface area contributed by atoms with E-state index in [0.717, 1.165) is 33.2 Å². The van der Waals surface area contributed by atoms with E-state index < -0.39 is 0 Å². The van der Waals surface area contributed by atoms with Gasteiger partial charge in [0.1, 0.15) is 22.3 Å². The molecule has 6 heteroatoms. The van der Waals surface area contributed by atoms with Crippen molar-refractivity contribution in [3.63, 3.8) is 0 Å². The first-order valence-corrected chi connectivity index (χ1v) is 9.55. The normalized spacial score (nSPS) is 12.2. The molecule has 1 aromatic heterocycles. The third kappa shape index (κ3) is 4.23. The first kappa shape index (κ1) is 19.2. The summed E-state index contributed by atoms with van der Waals surface area (Å²) in [6, 6.07) is 11.5. The van der Waals surface area contributed by atoms with Crippen molar-refractivity contribution in [1.82, 2.24) is 9.88 Å². The number of rotatable bonds is 7. The van der Waals surface area contributed by atoms with Gasteiger partial charge >= 0.3 is 0 Å². The van der Waals surface area contributed by atoms with Crippen LogP contribution in [-0.4, -0.2) is 36.3 Å². The molecule has 0 unspecified atom stereocenters. The Hall–Kier alpha value is -2.57. The number of hydrogen-bond donors (Lipinski definition) is 1. The van der Waals surface area contributed by atoms with Crippen LogP contribution in [0, 0.1) is 0 Å². The van der Waals surface area contributed by atoms with E-state index in [0.29, 0.717) is 6.54 Å². The third-order valence-corrected chi connectivity index (χ3v) is 5.63. The number of benzene rings is 2. The van der Waals surface area contributed by atoms with E-state index in [1.807, 2.05) is 49.0 Å².